The molecular weight excluding hydrogens is 248 g/mol. The van der Waals surface area contributed by atoms with Gasteiger partial charge >= 0.3 is 5.97 Å². The third-order valence-corrected chi connectivity index (χ3v) is 3.42. The van der Waals surface area contributed by atoms with Crippen LogP contribution in [-0.4, -0.2) is 29.1 Å². The lowest BCUT2D eigenvalue weighted by Crippen LogP contribution is -2.34. The molecule has 0 amide bonds. The number of carboxylic acids is 1. The third-order valence-electron chi connectivity index (χ3n) is 3.42. The summed E-state index contributed by atoms with van der Waals surface area (Å²) in [5.41, 5.74) is 0.467. The second-order valence-electron chi connectivity index (χ2n) is 4.96. The first kappa shape index (κ1) is 13.3. The molecule has 1 aliphatic heterocycles. The Morgan fingerprint density at radius 2 is 2.26 bits per heavy atom. The van der Waals surface area contributed by atoms with E-state index < -0.39 is 10.9 Å². The number of nitro benzene ring substituents is 1. The van der Waals surface area contributed by atoms with Crippen molar-refractivity contribution in [1.82, 2.24) is 0 Å². The highest BCUT2D eigenvalue weighted by molar-refractivity contribution is 5.90. The minimum Gasteiger partial charge on any atom is -0.478 e. The molecule has 1 aromatic carbocycles. The van der Waals surface area contributed by atoms with Crippen molar-refractivity contribution in [3.63, 3.8) is 0 Å². The van der Waals surface area contributed by atoms with E-state index in [1.54, 1.807) is 0 Å². The summed E-state index contributed by atoms with van der Waals surface area (Å²) in [6, 6.07) is 3.95. The minimum atomic E-state index is -1.07. The van der Waals surface area contributed by atoms with Crippen molar-refractivity contribution >= 4 is 17.3 Å². The van der Waals surface area contributed by atoms with Crippen LogP contribution >= 0.6 is 0 Å². The highest BCUT2D eigenvalue weighted by Crippen LogP contribution is 2.32. The molecule has 1 aliphatic rings. The van der Waals surface area contributed by atoms with Gasteiger partial charge in [0.15, 0.2) is 0 Å². The number of nitrogens with zero attached hydrogens (tertiary/aromatic N) is 2. The molecule has 0 bridgehead atoms. The smallest absolute Gasteiger partial charge is 0.335 e. The Labute approximate surface area is 110 Å². The summed E-state index contributed by atoms with van der Waals surface area (Å²) < 4.78 is 0. The van der Waals surface area contributed by atoms with Crippen LogP contribution in [0.15, 0.2) is 18.2 Å². The summed E-state index contributed by atoms with van der Waals surface area (Å²) in [6.07, 6.45) is 2.07. The summed E-state index contributed by atoms with van der Waals surface area (Å²) in [5, 5.41) is 20.1. The minimum absolute atomic E-state index is 0.0286. The fourth-order valence-electron chi connectivity index (χ4n) is 2.47. The average molecular weight is 264 g/mol. The summed E-state index contributed by atoms with van der Waals surface area (Å²) in [7, 11) is 0. The van der Waals surface area contributed by atoms with E-state index in [0.29, 0.717) is 11.6 Å². The van der Waals surface area contributed by atoms with Crippen molar-refractivity contribution in [2.45, 2.75) is 19.8 Å². The van der Waals surface area contributed by atoms with Crippen molar-refractivity contribution in [2.24, 2.45) is 5.92 Å². The zero-order valence-electron chi connectivity index (χ0n) is 10.7. The topological polar surface area (TPSA) is 83.7 Å². The molecule has 0 radical (unpaired) electrons. The number of benzene rings is 1. The molecule has 1 atom stereocenters. The number of aromatic carboxylic acids is 1. The van der Waals surface area contributed by atoms with Crippen LogP contribution < -0.4 is 4.90 Å². The summed E-state index contributed by atoms with van der Waals surface area (Å²) in [6.45, 7) is 3.55. The van der Waals surface area contributed by atoms with Gasteiger partial charge in [0, 0.05) is 19.2 Å². The first-order chi connectivity index (χ1) is 8.99. The third kappa shape index (κ3) is 2.83. The fraction of sp³-hybridized carbons (Fsp3) is 0.462. The van der Waals surface area contributed by atoms with Crippen molar-refractivity contribution in [3.8, 4) is 0 Å². The Morgan fingerprint density at radius 1 is 1.53 bits per heavy atom. The molecule has 1 fully saturated rings. The lowest BCUT2D eigenvalue weighted by Gasteiger charge is -2.32. The Bertz CT molecular complexity index is 515. The second-order valence-corrected chi connectivity index (χ2v) is 4.96. The van der Waals surface area contributed by atoms with Crippen LogP contribution in [0.2, 0.25) is 0 Å². The van der Waals surface area contributed by atoms with Crippen molar-refractivity contribution in [3.05, 3.63) is 33.9 Å². The van der Waals surface area contributed by atoms with Gasteiger partial charge in [-0.2, -0.15) is 0 Å². The number of rotatable bonds is 3. The largest absolute Gasteiger partial charge is 0.478 e. The van der Waals surface area contributed by atoms with Gasteiger partial charge in [-0.25, -0.2) is 4.79 Å². The van der Waals surface area contributed by atoms with E-state index in [0.717, 1.165) is 25.9 Å². The van der Waals surface area contributed by atoms with Crippen molar-refractivity contribution < 1.29 is 14.8 Å². The molecule has 0 aliphatic carbocycles. The zero-order valence-corrected chi connectivity index (χ0v) is 10.7. The van der Waals surface area contributed by atoms with Gasteiger partial charge in [0.1, 0.15) is 5.69 Å². The molecule has 0 saturated carbocycles. The van der Waals surface area contributed by atoms with Gasteiger partial charge < -0.3 is 10.0 Å². The molecule has 0 spiro atoms. The molecule has 1 heterocycles. The zero-order chi connectivity index (χ0) is 14.0. The Kier molecular flexibility index (Phi) is 3.69. The number of carboxylic acid groups (broad SMARTS) is 1. The first-order valence-electron chi connectivity index (χ1n) is 6.25. The molecule has 1 unspecified atom stereocenters. The monoisotopic (exact) mass is 264 g/mol. The van der Waals surface area contributed by atoms with Gasteiger partial charge in [0.25, 0.3) is 5.69 Å². The highest BCUT2D eigenvalue weighted by Gasteiger charge is 2.24. The standard InChI is InChI=1S/C13H16N2O4/c1-9-3-2-6-14(8-9)12-7-10(13(16)17)4-5-11(12)15(18)19/h4-5,7,9H,2-3,6,8H2,1H3,(H,16,17). The summed E-state index contributed by atoms with van der Waals surface area (Å²) in [5.74, 6) is -0.608. The lowest BCUT2D eigenvalue weighted by molar-refractivity contribution is -0.384. The number of hydrogen-bond acceptors (Lipinski definition) is 4. The van der Waals surface area contributed by atoms with Crippen molar-refractivity contribution in [1.29, 1.82) is 0 Å². The average Bonchev–Trinajstić information content (AvgIpc) is 2.37. The molecule has 0 aromatic heterocycles. The lowest BCUT2D eigenvalue weighted by atomic mass is 9.99. The molecule has 6 nitrogen and oxygen atoms in total. The van der Waals surface area contributed by atoms with Gasteiger partial charge in [0.2, 0.25) is 0 Å². The maximum Gasteiger partial charge on any atom is 0.335 e. The van der Waals surface area contributed by atoms with Gasteiger partial charge in [0.05, 0.1) is 10.5 Å². The van der Waals surface area contributed by atoms with Crippen LogP contribution in [0.25, 0.3) is 0 Å². The molecular formula is C13H16N2O4. The number of anilines is 1. The number of nitro groups is 1. The predicted octanol–water partition coefficient (Wildman–Crippen LogP) is 2.53. The molecule has 2 rings (SSSR count). The number of hydrogen-bond donors (Lipinski definition) is 1. The van der Waals surface area contributed by atoms with Gasteiger partial charge in [-0.3, -0.25) is 10.1 Å². The van der Waals surface area contributed by atoms with E-state index in [1.807, 2.05) is 4.90 Å². The van der Waals surface area contributed by atoms with Crippen molar-refractivity contribution in [2.75, 3.05) is 18.0 Å². The second kappa shape index (κ2) is 5.26. The maximum atomic E-state index is 11.1. The van der Waals surface area contributed by atoms with E-state index in [4.69, 9.17) is 5.11 Å². The normalized spacial score (nSPS) is 19.2. The van der Waals surface area contributed by atoms with E-state index in [1.165, 1.54) is 18.2 Å². The van der Waals surface area contributed by atoms with E-state index in [9.17, 15) is 14.9 Å². The summed E-state index contributed by atoms with van der Waals surface area (Å²) in [4.78, 5) is 23.5. The van der Waals surface area contributed by atoms with E-state index >= 15 is 0 Å². The Hall–Kier alpha value is -2.11. The SMILES string of the molecule is CC1CCCN(c2cc(C(=O)O)ccc2[N+](=O)[O-])C1. The van der Waals surface area contributed by atoms with E-state index in [2.05, 4.69) is 6.92 Å². The Balaban J connectivity index is 2.42. The van der Waals surface area contributed by atoms with Crippen LogP contribution in [0.4, 0.5) is 11.4 Å². The number of piperidine rings is 1. The molecule has 6 heteroatoms. The fourth-order valence-corrected chi connectivity index (χ4v) is 2.47. The van der Waals surface area contributed by atoms with Crippen LogP contribution in [0.1, 0.15) is 30.1 Å². The quantitative estimate of drug-likeness (QED) is 0.670. The van der Waals surface area contributed by atoms with Crippen LogP contribution in [0.5, 0.6) is 0 Å². The number of carbonyl (C=O) groups is 1. The molecule has 1 saturated heterocycles. The van der Waals surface area contributed by atoms with Crippen LogP contribution in [0.3, 0.4) is 0 Å². The maximum absolute atomic E-state index is 11.1. The van der Waals surface area contributed by atoms with Crippen LogP contribution in [-0.2, 0) is 0 Å². The molecule has 1 aromatic rings. The summed E-state index contributed by atoms with van der Waals surface area (Å²) >= 11 is 0. The Morgan fingerprint density at radius 3 is 2.84 bits per heavy atom. The molecule has 1 N–H and O–H groups in total. The highest BCUT2D eigenvalue weighted by atomic mass is 16.6. The van der Waals surface area contributed by atoms with E-state index in [-0.39, 0.29) is 11.3 Å². The first-order valence-corrected chi connectivity index (χ1v) is 6.25. The van der Waals surface area contributed by atoms with Gasteiger partial charge in [-0.1, -0.05) is 6.92 Å². The van der Waals surface area contributed by atoms with Crippen LogP contribution in [0, 0.1) is 16.0 Å². The molecule has 19 heavy (non-hydrogen) atoms. The molecule has 102 valence electrons. The van der Waals surface area contributed by atoms with Gasteiger partial charge in [-0.15, -0.1) is 0 Å². The predicted molar refractivity (Wildman–Crippen MR) is 70.7 cm³/mol. The van der Waals surface area contributed by atoms with Gasteiger partial charge in [-0.05, 0) is 30.9 Å².